The lowest BCUT2D eigenvalue weighted by atomic mass is 9.76. The number of nitrogens with one attached hydrogen (secondary N) is 2. The van der Waals surface area contributed by atoms with Crippen LogP contribution in [0.4, 0.5) is 4.79 Å². The molecule has 1 heterocycles. The molecule has 2 rings (SSSR count). The van der Waals surface area contributed by atoms with E-state index in [1.54, 1.807) is 13.8 Å². The molecule has 1 saturated carbocycles. The third-order valence-corrected chi connectivity index (χ3v) is 8.58. The van der Waals surface area contributed by atoms with Crippen molar-refractivity contribution in [1.82, 2.24) is 15.5 Å². The predicted molar refractivity (Wildman–Crippen MR) is 166 cm³/mol. The first-order valence-corrected chi connectivity index (χ1v) is 16.4. The molecule has 3 amide bonds. The highest BCUT2D eigenvalue weighted by molar-refractivity contribution is 5.82. The molecule has 4 atom stereocenters. The van der Waals surface area contributed by atoms with E-state index in [9.17, 15) is 19.5 Å². The van der Waals surface area contributed by atoms with Crippen molar-refractivity contribution in [3.8, 4) is 0 Å². The van der Waals surface area contributed by atoms with Crippen LogP contribution in [0.1, 0.15) is 126 Å². The lowest BCUT2D eigenvalue weighted by molar-refractivity contribution is -0.304. The molecule has 2 fully saturated rings. The van der Waals surface area contributed by atoms with Gasteiger partial charge in [-0.3, -0.25) is 9.59 Å². The van der Waals surface area contributed by atoms with Gasteiger partial charge in [0.2, 0.25) is 5.91 Å². The van der Waals surface area contributed by atoms with Crippen molar-refractivity contribution in [2.24, 2.45) is 22.7 Å². The van der Waals surface area contributed by atoms with E-state index in [0.717, 1.165) is 32.1 Å². The van der Waals surface area contributed by atoms with Crippen molar-refractivity contribution >= 4 is 17.9 Å². The maximum absolute atomic E-state index is 13.6. The number of urea groups is 1. The topological polar surface area (TPSA) is 117 Å². The lowest BCUT2D eigenvalue weighted by Gasteiger charge is -2.45. The summed E-state index contributed by atoms with van der Waals surface area (Å²) in [7, 11) is 0. The Bertz CT molecular complexity index is 868. The van der Waals surface area contributed by atoms with Gasteiger partial charge in [0, 0.05) is 31.1 Å². The normalized spacial score (nSPS) is 24.4. The number of carbonyl (C=O) groups is 3. The minimum absolute atomic E-state index is 0.00777. The van der Waals surface area contributed by atoms with E-state index in [-0.39, 0.29) is 35.9 Å². The number of amides is 3. The fourth-order valence-corrected chi connectivity index (χ4v) is 6.20. The Morgan fingerprint density at radius 3 is 2.21 bits per heavy atom. The molecule has 0 bridgehead atoms. The van der Waals surface area contributed by atoms with Gasteiger partial charge in [0.25, 0.3) is 0 Å². The Hall–Kier alpha value is -1.87. The van der Waals surface area contributed by atoms with Crippen molar-refractivity contribution in [3.63, 3.8) is 0 Å². The smallest absolute Gasteiger partial charge is 0.317 e. The Kier molecular flexibility index (Phi) is 14.1. The summed E-state index contributed by atoms with van der Waals surface area (Å²) in [6.07, 6.45) is 10.8. The molecule has 3 N–H and O–H groups in total. The zero-order valence-corrected chi connectivity index (χ0v) is 27.9. The van der Waals surface area contributed by atoms with Gasteiger partial charge >= 0.3 is 12.0 Å². The van der Waals surface area contributed by atoms with Crippen LogP contribution in [0.25, 0.3) is 0 Å². The van der Waals surface area contributed by atoms with Gasteiger partial charge in [-0.1, -0.05) is 92.9 Å². The molecule has 0 aromatic heterocycles. The molecule has 244 valence electrons. The van der Waals surface area contributed by atoms with E-state index < -0.39 is 29.2 Å². The van der Waals surface area contributed by atoms with Crippen LogP contribution in [0.15, 0.2) is 0 Å². The summed E-state index contributed by atoms with van der Waals surface area (Å²) in [5.41, 5.74) is -0.599. The molecule has 2 aliphatic rings. The summed E-state index contributed by atoms with van der Waals surface area (Å²) in [6.45, 7) is 17.7. The summed E-state index contributed by atoms with van der Waals surface area (Å²) in [5, 5.41) is 16.4. The van der Waals surface area contributed by atoms with Crippen molar-refractivity contribution < 1.29 is 29.0 Å². The van der Waals surface area contributed by atoms with Gasteiger partial charge in [-0.2, -0.15) is 0 Å². The third kappa shape index (κ3) is 12.0. The molecule has 1 saturated heterocycles. The highest BCUT2D eigenvalue weighted by Crippen LogP contribution is 2.35. The van der Waals surface area contributed by atoms with Gasteiger partial charge in [-0.05, 0) is 44.4 Å². The Labute approximate surface area is 255 Å². The van der Waals surface area contributed by atoms with Crippen LogP contribution in [-0.4, -0.2) is 72.1 Å². The maximum Gasteiger partial charge on any atom is 0.317 e. The molecule has 9 nitrogen and oxygen atoms in total. The van der Waals surface area contributed by atoms with E-state index in [1.807, 2.05) is 18.7 Å². The van der Waals surface area contributed by atoms with Gasteiger partial charge < -0.3 is 30.1 Å². The number of hydrogen-bond donors (Lipinski definition) is 3. The number of carboxylic acids is 1. The zero-order chi connectivity index (χ0) is 31.6. The Balaban J connectivity index is 2.05. The molecule has 0 aromatic rings. The van der Waals surface area contributed by atoms with Crippen molar-refractivity contribution in [3.05, 3.63) is 0 Å². The van der Waals surface area contributed by atoms with Crippen LogP contribution in [0.2, 0.25) is 0 Å². The van der Waals surface area contributed by atoms with Gasteiger partial charge in [0.05, 0.1) is 12.5 Å². The first kappa shape index (κ1) is 36.3. The molecule has 42 heavy (non-hydrogen) atoms. The van der Waals surface area contributed by atoms with Crippen LogP contribution in [0, 0.1) is 22.7 Å². The zero-order valence-electron chi connectivity index (χ0n) is 27.9. The summed E-state index contributed by atoms with van der Waals surface area (Å²) < 4.78 is 11.7. The number of ether oxygens (including phenoxy) is 2. The average molecular weight is 596 g/mol. The highest BCUT2D eigenvalue weighted by Gasteiger charge is 2.46. The van der Waals surface area contributed by atoms with Gasteiger partial charge in [0.1, 0.15) is 6.10 Å². The SMILES string of the molecule is CCCCCCCCCN(CC(C)(C)C)C(=O)NC1CCCC[C@H]1[C@@H](CNC(=O)[C@@H]1OC(C)(C)OCC1(C)C)C(=O)O. The van der Waals surface area contributed by atoms with Crippen LogP contribution < -0.4 is 10.6 Å². The van der Waals surface area contributed by atoms with Crippen LogP contribution in [-0.2, 0) is 19.1 Å². The lowest BCUT2D eigenvalue weighted by Crippen LogP contribution is -2.58. The van der Waals surface area contributed by atoms with E-state index in [1.165, 1.54) is 32.1 Å². The summed E-state index contributed by atoms with van der Waals surface area (Å²) in [5.74, 6) is -3.25. The molecule has 0 spiro atoms. The van der Waals surface area contributed by atoms with E-state index >= 15 is 0 Å². The van der Waals surface area contributed by atoms with E-state index in [0.29, 0.717) is 26.1 Å². The summed E-state index contributed by atoms with van der Waals surface area (Å²) in [4.78, 5) is 41.3. The summed E-state index contributed by atoms with van der Waals surface area (Å²) in [6, 6.07) is -0.365. The number of carboxylic acid groups (broad SMARTS) is 1. The monoisotopic (exact) mass is 595 g/mol. The number of nitrogens with zero attached hydrogens (tertiary/aromatic N) is 1. The quantitative estimate of drug-likeness (QED) is 0.190. The molecule has 1 unspecified atom stereocenters. The largest absolute Gasteiger partial charge is 0.481 e. The van der Waals surface area contributed by atoms with Crippen molar-refractivity contribution in [2.75, 3.05) is 26.2 Å². The van der Waals surface area contributed by atoms with E-state index in [4.69, 9.17) is 9.47 Å². The number of unbranched alkanes of at least 4 members (excludes halogenated alkanes) is 6. The minimum Gasteiger partial charge on any atom is -0.481 e. The Morgan fingerprint density at radius 2 is 1.60 bits per heavy atom. The summed E-state index contributed by atoms with van der Waals surface area (Å²) >= 11 is 0. The number of rotatable bonds is 15. The highest BCUT2D eigenvalue weighted by atomic mass is 16.7. The minimum atomic E-state index is -0.955. The molecular weight excluding hydrogens is 534 g/mol. The van der Waals surface area contributed by atoms with Gasteiger partial charge in [-0.25, -0.2) is 4.79 Å². The van der Waals surface area contributed by atoms with Gasteiger partial charge in [0.15, 0.2) is 5.79 Å². The third-order valence-electron chi connectivity index (χ3n) is 8.58. The molecule has 1 aliphatic carbocycles. The molecule has 0 aromatic carbocycles. The molecule has 9 heteroatoms. The second-order valence-electron chi connectivity index (χ2n) is 15.0. The van der Waals surface area contributed by atoms with Crippen LogP contribution >= 0.6 is 0 Å². The van der Waals surface area contributed by atoms with Crippen molar-refractivity contribution in [1.29, 1.82) is 0 Å². The predicted octanol–water partition coefficient (Wildman–Crippen LogP) is 6.35. The van der Waals surface area contributed by atoms with Crippen LogP contribution in [0.3, 0.4) is 0 Å². The first-order valence-electron chi connectivity index (χ1n) is 16.4. The number of carbonyl (C=O) groups excluding carboxylic acids is 2. The Morgan fingerprint density at radius 1 is 0.976 bits per heavy atom. The first-order chi connectivity index (χ1) is 19.6. The fourth-order valence-electron chi connectivity index (χ4n) is 6.20. The number of aliphatic carboxylic acids is 1. The second-order valence-corrected chi connectivity index (χ2v) is 15.0. The van der Waals surface area contributed by atoms with Crippen LogP contribution in [0.5, 0.6) is 0 Å². The fraction of sp³-hybridized carbons (Fsp3) is 0.909. The van der Waals surface area contributed by atoms with E-state index in [2.05, 4.69) is 38.3 Å². The molecule has 1 aliphatic heterocycles. The maximum atomic E-state index is 13.6. The standard InChI is InChI=1S/C33H61N3O6/c1-9-10-11-12-13-14-17-20-36(22-31(2,3)4)30(40)35-26-19-16-15-18-24(26)25(29(38)39)21-34-28(37)27-32(5,6)23-41-33(7,8)42-27/h24-27H,9-23H2,1-8H3,(H,34,37)(H,35,40)(H,38,39)/t24-,25+,26?,27-/m0/s1. The van der Waals surface area contributed by atoms with Gasteiger partial charge in [-0.15, -0.1) is 0 Å². The van der Waals surface area contributed by atoms with Crippen molar-refractivity contribution in [2.45, 2.75) is 144 Å². The molecule has 0 radical (unpaired) electrons. The average Bonchev–Trinajstić information content (AvgIpc) is 2.89. The molecular formula is C33H61N3O6. The second kappa shape index (κ2) is 16.3. The number of hydrogen-bond acceptors (Lipinski definition) is 5.